The second-order valence-corrected chi connectivity index (χ2v) is 4.89. The van der Waals surface area contributed by atoms with E-state index in [0.717, 1.165) is 0 Å². The number of fused-ring (bicyclic) bond motifs is 1. The van der Waals surface area contributed by atoms with Crippen molar-refractivity contribution in [3.63, 3.8) is 0 Å². The number of carbonyl (C=O) groups is 1. The van der Waals surface area contributed by atoms with E-state index in [-0.39, 0.29) is 11.8 Å². The summed E-state index contributed by atoms with van der Waals surface area (Å²) in [6, 6.07) is 5.32. The van der Waals surface area contributed by atoms with Crippen LogP contribution in [0.25, 0.3) is 0 Å². The Morgan fingerprint density at radius 2 is 2.06 bits per heavy atom. The van der Waals surface area contributed by atoms with Crippen LogP contribution in [-0.4, -0.2) is 18.2 Å². The van der Waals surface area contributed by atoms with Gasteiger partial charge in [-0.05, 0) is 12.1 Å². The minimum absolute atomic E-state index is 0.101. The first-order valence-corrected chi connectivity index (χ1v) is 5.94. The molecule has 0 saturated heterocycles. The summed E-state index contributed by atoms with van der Waals surface area (Å²) in [6.45, 7) is 5.78. The molecule has 0 fully saturated rings. The number of anilines is 1. The van der Waals surface area contributed by atoms with Crippen LogP contribution < -0.4 is 20.5 Å². The molecule has 3 N–H and O–H groups in total. The molecule has 1 atom stereocenters. The summed E-state index contributed by atoms with van der Waals surface area (Å²) in [5.41, 5.74) is 6.13. The molecule has 1 aliphatic rings. The first kappa shape index (κ1) is 12.7. The van der Waals surface area contributed by atoms with Gasteiger partial charge >= 0.3 is 0 Å². The first-order valence-electron chi connectivity index (χ1n) is 5.94. The van der Waals surface area contributed by atoms with E-state index < -0.39 is 5.79 Å². The summed E-state index contributed by atoms with van der Waals surface area (Å²) in [7, 11) is 0. The van der Waals surface area contributed by atoms with Gasteiger partial charge in [0.05, 0.1) is 0 Å². The molecule has 0 radical (unpaired) electrons. The van der Waals surface area contributed by atoms with E-state index in [1.165, 1.54) is 0 Å². The van der Waals surface area contributed by atoms with E-state index in [1.54, 1.807) is 25.1 Å². The molecule has 0 saturated carbocycles. The fourth-order valence-corrected chi connectivity index (χ4v) is 1.67. The largest absolute Gasteiger partial charge is 0.449 e. The van der Waals surface area contributed by atoms with Gasteiger partial charge in [0.2, 0.25) is 11.7 Å². The monoisotopic (exact) mass is 250 g/mol. The summed E-state index contributed by atoms with van der Waals surface area (Å²) in [5.74, 6) is 0.348. The molecule has 1 aliphatic heterocycles. The Balaban J connectivity index is 2.12. The first-order chi connectivity index (χ1) is 8.41. The maximum absolute atomic E-state index is 11.7. The molecule has 0 spiro atoms. The summed E-state index contributed by atoms with van der Waals surface area (Å²) in [4.78, 5) is 11.7. The zero-order valence-electron chi connectivity index (χ0n) is 10.8. The number of amides is 1. The molecule has 5 nitrogen and oxygen atoms in total. The normalized spacial score (nSPS) is 17.3. The standard InChI is InChI=1S/C13H18N2O3/c1-8(7-14)12(16)15-9-4-5-10-11(6-9)18-13(2,3)17-10/h4-6,8H,7,14H2,1-3H3,(H,15,16). The van der Waals surface area contributed by atoms with Gasteiger partial charge in [-0.3, -0.25) is 4.79 Å². The summed E-state index contributed by atoms with van der Waals surface area (Å²) < 4.78 is 11.2. The minimum atomic E-state index is -0.657. The third kappa shape index (κ3) is 2.56. The number of carbonyl (C=O) groups excluding carboxylic acids is 1. The van der Waals surface area contributed by atoms with Crippen LogP contribution in [-0.2, 0) is 4.79 Å². The van der Waals surface area contributed by atoms with Crippen LogP contribution in [0, 0.1) is 5.92 Å². The molecule has 5 heteroatoms. The molecule has 1 unspecified atom stereocenters. The molecule has 0 bridgehead atoms. The lowest BCUT2D eigenvalue weighted by molar-refractivity contribution is -0.119. The Morgan fingerprint density at radius 1 is 1.39 bits per heavy atom. The lowest BCUT2D eigenvalue weighted by atomic mass is 10.1. The Labute approximate surface area is 106 Å². The topological polar surface area (TPSA) is 73.6 Å². The van der Waals surface area contributed by atoms with Crippen LogP contribution in [0.4, 0.5) is 5.69 Å². The lowest BCUT2D eigenvalue weighted by Gasteiger charge is -2.16. The maximum Gasteiger partial charge on any atom is 0.246 e. The second-order valence-electron chi connectivity index (χ2n) is 4.89. The fraction of sp³-hybridized carbons (Fsp3) is 0.462. The highest BCUT2D eigenvalue weighted by atomic mass is 16.7. The van der Waals surface area contributed by atoms with Gasteiger partial charge in [-0.25, -0.2) is 0 Å². The number of hydrogen-bond donors (Lipinski definition) is 2. The molecule has 98 valence electrons. The number of hydrogen-bond acceptors (Lipinski definition) is 4. The highest BCUT2D eigenvalue weighted by molar-refractivity contribution is 5.92. The highest BCUT2D eigenvalue weighted by Crippen LogP contribution is 2.40. The molecule has 18 heavy (non-hydrogen) atoms. The number of rotatable bonds is 3. The summed E-state index contributed by atoms with van der Waals surface area (Å²) >= 11 is 0. The molecule has 1 aromatic rings. The number of nitrogens with two attached hydrogens (primary N) is 1. The van der Waals surface area contributed by atoms with Gasteiger partial charge in [-0.2, -0.15) is 0 Å². The number of nitrogens with one attached hydrogen (secondary N) is 1. The Bertz CT molecular complexity index is 471. The van der Waals surface area contributed by atoms with Gasteiger partial charge in [0.25, 0.3) is 0 Å². The van der Waals surface area contributed by atoms with E-state index in [4.69, 9.17) is 15.2 Å². The third-order valence-corrected chi connectivity index (χ3v) is 2.72. The zero-order chi connectivity index (χ0) is 13.3. The van der Waals surface area contributed by atoms with Crippen molar-refractivity contribution in [1.82, 2.24) is 0 Å². The predicted molar refractivity (Wildman–Crippen MR) is 68.6 cm³/mol. The molecule has 1 heterocycles. The maximum atomic E-state index is 11.7. The van der Waals surface area contributed by atoms with Gasteiger partial charge in [-0.15, -0.1) is 0 Å². The molecule has 0 aromatic heterocycles. The van der Waals surface area contributed by atoms with Crippen molar-refractivity contribution < 1.29 is 14.3 Å². The van der Waals surface area contributed by atoms with Crippen LogP contribution in [0.3, 0.4) is 0 Å². The van der Waals surface area contributed by atoms with Crippen molar-refractivity contribution in [3.8, 4) is 11.5 Å². The molecule has 0 aliphatic carbocycles. The van der Waals surface area contributed by atoms with Gasteiger partial charge in [-0.1, -0.05) is 6.92 Å². The molecular weight excluding hydrogens is 232 g/mol. The van der Waals surface area contributed by atoms with E-state index in [9.17, 15) is 4.79 Å². The van der Waals surface area contributed by atoms with Crippen molar-refractivity contribution in [3.05, 3.63) is 18.2 Å². The Hall–Kier alpha value is -1.75. The third-order valence-electron chi connectivity index (χ3n) is 2.72. The second kappa shape index (κ2) is 4.49. The van der Waals surface area contributed by atoms with Gasteiger partial charge in [0.1, 0.15) is 0 Å². The van der Waals surface area contributed by atoms with Crippen LogP contribution in [0.5, 0.6) is 11.5 Å². The molecule has 1 aromatic carbocycles. The molecule has 1 amide bonds. The van der Waals surface area contributed by atoms with Crippen LogP contribution in [0.2, 0.25) is 0 Å². The molecule has 2 rings (SSSR count). The highest BCUT2D eigenvalue weighted by Gasteiger charge is 2.31. The van der Waals surface area contributed by atoms with Crippen molar-refractivity contribution in [2.45, 2.75) is 26.6 Å². The van der Waals surface area contributed by atoms with Crippen molar-refractivity contribution in [2.75, 3.05) is 11.9 Å². The zero-order valence-corrected chi connectivity index (χ0v) is 10.8. The summed E-state index contributed by atoms with van der Waals surface area (Å²) in [6.07, 6.45) is 0. The van der Waals surface area contributed by atoms with E-state index in [1.807, 2.05) is 13.8 Å². The van der Waals surface area contributed by atoms with Gasteiger partial charge < -0.3 is 20.5 Å². The number of ether oxygens (including phenoxy) is 2. The number of benzene rings is 1. The Kier molecular flexibility index (Phi) is 3.17. The SMILES string of the molecule is CC(CN)C(=O)Nc1ccc2c(c1)OC(C)(C)O2. The van der Waals surface area contributed by atoms with E-state index >= 15 is 0 Å². The van der Waals surface area contributed by atoms with E-state index in [2.05, 4.69) is 5.32 Å². The quantitative estimate of drug-likeness (QED) is 0.856. The van der Waals surface area contributed by atoms with Crippen molar-refractivity contribution in [1.29, 1.82) is 0 Å². The average Bonchev–Trinajstić information content (AvgIpc) is 2.61. The van der Waals surface area contributed by atoms with Crippen molar-refractivity contribution in [2.24, 2.45) is 11.7 Å². The summed E-state index contributed by atoms with van der Waals surface area (Å²) in [5, 5.41) is 2.80. The van der Waals surface area contributed by atoms with Crippen LogP contribution >= 0.6 is 0 Å². The predicted octanol–water partition coefficient (Wildman–Crippen LogP) is 1.73. The van der Waals surface area contributed by atoms with Gasteiger partial charge in [0.15, 0.2) is 11.5 Å². The van der Waals surface area contributed by atoms with Crippen molar-refractivity contribution >= 4 is 11.6 Å². The lowest BCUT2D eigenvalue weighted by Crippen LogP contribution is -2.29. The molecular formula is C13H18N2O3. The van der Waals surface area contributed by atoms with Crippen LogP contribution in [0.1, 0.15) is 20.8 Å². The van der Waals surface area contributed by atoms with E-state index in [0.29, 0.717) is 23.7 Å². The fourth-order valence-electron chi connectivity index (χ4n) is 1.67. The smallest absolute Gasteiger partial charge is 0.246 e. The minimum Gasteiger partial charge on any atom is -0.449 e. The Morgan fingerprint density at radius 3 is 2.72 bits per heavy atom. The van der Waals surface area contributed by atoms with Crippen LogP contribution in [0.15, 0.2) is 18.2 Å². The van der Waals surface area contributed by atoms with Gasteiger partial charge in [0, 0.05) is 38.1 Å². The average molecular weight is 250 g/mol.